The van der Waals surface area contributed by atoms with Crippen LogP contribution in [0.5, 0.6) is 0 Å². The molecule has 0 N–H and O–H groups in total. The summed E-state index contributed by atoms with van der Waals surface area (Å²) in [6, 6.07) is 7.99. The minimum absolute atomic E-state index is 0.0532. The molecule has 0 spiro atoms. The van der Waals surface area contributed by atoms with Crippen LogP contribution in [0.1, 0.15) is 52.8 Å². The van der Waals surface area contributed by atoms with Gasteiger partial charge in [-0.1, -0.05) is 12.8 Å². The number of hydrogen-bond donors (Lipinski definition) is 0. The molecule has 1 heterocycles. The second kappa shape index (κ2) is 10.5. The lowest BCUT2D eigenvalue weighted by atomic mass is 9.81. The Kier molecular flexibility index (Phi) is 7.44. The summed E-state index contributed by atoms with van der Waals surface area (Å²) in [4.78, 5) is 64.6. The van der Waals surface area contributed by atoms with E-state index in [-0.39, 0.29) is 29.1 Å². The summed E-state index contributed by atoms with van der Waals surface area (Å²) in [5.74, 6) is -4.42. The number of non-ortho nitro benzene ring substituents is 1. The molecule has 2 aromatic carbocycles. The first kappa shape index (κ1) is 25.4. The second-order valence-electron chi connectivity index (χ2n) is 8.80. The van der Waals surface area contributed by atoms with Gasteiger partial charge in [0.1, 0.15) is 11.9 Å². The van der Waals surface area contributed by atoms with Crippen molar-refractivity contribution in [2.24, 2.45) is 11.8 Å². The number of halogens is 2. The molecule has 1 saturated heterocycles. The summed E-state index contributed by atoms with van der Waals surface area (Å²) in [5.41, 5.74) is -0.232. The number of hydrazine groups is 1. The van der Waals surface area contributed by atoms with Gasteiger partial charge in [0, 0.05) is 29.1 Å². The molecule has 36 heavy (non-hydrogen) atoms. The predicted molar refractivity (Wildman–Crippen MR) is 126 cm³/mol. The summed E-state index contributed by atoms with van der Waals surface area (Å²) < 4.78 is 13.5. The monoisotopic (exact) mass is 515 g/mol. The summed E-state index contributed by atoms with van der Waals surface area (Å²) in [5, 5.41) is 12.7. The molecule has 11 heteroatoms. The van der Waals surface area contributed by atoms with Gasteiger partial charge in [0.05, 0.1) is 16.8 Å². The number of fused-ring (bicyclic) bond motifs is 1. The van der Waals surface area contributed by atoms with E-state index in [0.29, 0.717) is 12.8 Å². The fraction of sp³-hybridized carbons (Fsp3) is 0.360. The number of carbonyl (C=O) groups is 4. The number of nitro benzene ring substituents is 1. The number of Topliss-reactive ketones (excluding diaryl/α,β-unsaturated/α-hetero) is 1. The van der Waals surface area contributed by atoms with Crippen LogP contribution in [-0.4, -0.2) is 50.4 Å². The predicted octanol–water partition coefficient (Wildman–Crippen LogP) is 4.15. The van der Waals surface area contributed by atoms with Crippen LogP contribution in [0.15, 0.2) is 48.5 Å². The van der Waals surface area contributed by atoms with Crippen LogP contribution in [-0.2, 0) is 9.59 Å². The average Bonchev–Trinajstić information content (AvgIpc) is 3.13. The lowest BCUT2D eigenvalue weighted by Gasteiger charge is -2.36. The zero-order chi connectivity index (χ0) is 26.0. The van der Waals surface area contributed by atoms with E-state index in [4.69, 9.17) is 11.6 Å². The first-order chi connectivity index (χ1) is 17.2. The first-order valence-corrected chi connectivity index (χ1v) is 12.1. The lowest BCUT2D eigenvalue weighted by Crippen LogP contribution is -2.57. The molecule has 0 unspecified atom stereocenters. The molecule has 0 bridgehead atoms. The van der Waals surface area contributed by atoms with Gasteiger partial charge in [-0.25, -0.2) is 9.40 Å². The highest BCUT2D eigenvalue weighted by Crippen LogP contribution is 2.40. The van der Waals surface area contributed by atoms with E-state index in [2.05, 4.69) is 0 Å². The van der Waals surface area contributed by atoms with E-state index < -0.39 is 52.1 Å². The molecule has 2 aliphatic rings. The number of amides is 3. The summed E-state index contributed by atoms with van der Waals surface area (Å²) in [6.45, 7) is 0. The molecule has 2 aromatic rings. The van der Waals surface area contributed by atoms with E-state index in [9.17, 15) is 33.7 Å². The Bertz CT molecular complexity index is 1180. The minimum Gasteiger partial charge on any atom is -0.292 e. The molecule has 1 saturated carbocycles. The maximum atomic E-state index is 13.8. The van der Waals surface area contributed by atoms with Crippen molar-refractivity contribution in [3.63, 3.8) is 0 Å². The maximum absolute atomic E-state index is 13.8. The van der Waals surface area contributed by atoms with Crippen LogP contribution in [0.2, 0.25) is 0 Å². The summed E-state index contributed by atoms with van der Waals surface area (Å²) in [7, 11) is 0. The normalized spacial score (nSPS) is 20.1. The number of rotatable bonds is 8. The number of alkyl halides is 1. The number of nitro groups is 1. The van der Waals surface area contributed by atoms with E-state index >= 15 is 0 Å². The molecule has 188 valence electrons. The zero-order valence-electron chi connectivity index (χ0n) is 19.1. The van der Waals surface area contributed by atoms with Crippen LogP contribution in [0, 0.1) is 27.8 Å². The van der Waals surface area contributed by atoms with E-state index in [1.807, 2.05) is 0 Å². The van der Waals surface area contributed by atoms with Gasteiger partial charge in [-0.3, -0.25) is 29.3 Å². The molecule has 2 fully saturated rings. The van der Waals surface area contributed by atoms with Crippen molar-refractivity contribution in [1.82, 2.24) is 10.0 Å². The number of benzene rings is 2. The third kappa shape index (κ3) is 4.73. The van der Waals surface area contributed by atoms with Gasteiger partial charge in [0.2, 0.25) is 0 Å². The average molecular weight is 516 g/mol. The number of hydrogen-bond acceptors (Lipinski definition) is 6. The molecule has 9 nitrogen and oxygen atoms in total. The Labute approximate surface area is 210 Å². The molecule has 0 aromatic heterocycles. The van der Waals surface area contributed by atoms with Crippen LogP contribution < -0.4 is 0 Å². The van der Waals surface area contributed by atoms with Crippen LogP contribution in [0.3, 0.4) is 0 Å². The fourth-order valence-electron chi connectivity index (χ4n) is 4.86. The van der Waals surface area contributed by atoms with Crippen LogP contribution >= 0.6 is 11.6 Å². The fourth-order valence-corrected chi connectivity index (χ4v) is 5.07. The topological polar surface area (TPSA) is 118 Å². The van der Waals surface area contributed by atoms with Crippen molar-refractivity contribution < 1.29 is 28.5 Å². The standard InChI is InChI=1S/C25H23ClFN3O6/c26-14-13-21(22(31)15-5-9-17(27)10-6-15)28(23(32)16-7-11-18(12-8-16)30(35)36)29-24(33)19-3-1-2-4-20(19)25(29)34/h5-12,19-21H,1-4,13-14H2/t19-,20-,21-/m0/s1. The molecule has 0 radical (unpaired) electrons. The van der Waals surface area contributed by atoms with Gasteiger partial charge in [0.25, 0.3) is 23.4 Å². The van der Waals surface area contributed by atoms with E-state index in [1.54, 1.807) is 0 Å². The van der Waals surface area contributed by atoms with Gasteiger partial charge in [-0.2, -0.15) is 5.01 Å². The SMILES string of the molecule is O=C(c1ccc(F)cc1)[C@H](CCCl)N(C(=O)c1ccc([N+](=O)[O-])cc1)N1C(=O)[C@H]2CCCC[C@@H]2C1=O. The van der Waals surface area contributed by atoms with Crippen molar-refractivity contribution in [2.45, 2.75) is 38.1 Å². The highest BCUT2D eigenvalue weighted by atomic mass is 35.5. The third-order valence-electron chi connectivity index (χ3n) is 6.68. The Hall–Kier alpha value is -3.66. The summed E-state index contributed by atoms with van der Waals surface area (Å²) >= 11 is 5.99. The summed E-state index contributed by atoms with van der Waals surface area (Å²) in [6.07, 6.45) is 2.44. The Morgan fingerprint density at radius 2 is 1.53 bits per heavy atom. The first-order valence-electron chi connectivity index (χ1n) is 11.6. The number of imide groups is 1. The minimum atomic E-state index is -1.34. The van der Waals surface area contributed by atoms with E-state index in [1.165, 1.54) is 24.3 Å². The molecule has 1 aliphatic heterocycles. The maximum Gasteiger partial charge on any atom is 0.273 e. The van der Waals surface area contributed by atoms with Crippen molar-refractivity contribution in [3.05, 3.63) is 75.6 Å². The van der Waals surface area contributed by atoms with E-state index in [0.717, 1.165) is 47.1 Å². The van der Waals surface area contributed by atoms with Crippen molar-refractivity contribution >= 4 is 40.8 Å². The number of ketones is 1. The van der Waals surface area contributed by atoms with Gasteiger partial charge >= 0.3 is 0 Å². The van der Waals surface area contributed by atoms with Gasteiger partial charge < -0.3 is 0 Å². The van der Waals surface area contributed by atoms with Gasteiger partial charge in [-0.05, 0) is 55.7 Å². The Morgan fingerprint density at radius 3 is 2.03 bits per heavy atom. The number of carbonyl (C=O) groups excluding carboxylic acids is 4. The van der Waals surface area contributed by atoms with Crippen molar-refractivity contribution in [3.8, 4) is 0 Å². The Balaban J connectivity index is 1.79. The lowest BCUT2D eigenvalue weighted by molar-refractivity contribution is -0.384. The molecular formula is C25H23ClFN3O6. The highest BCUT2D eigenvalue weighted by Gasteiger charge is 2.53. The number of nitrogens with zero attached hydrogens (tertiary/aromatic N) is 3. The largest absolute Gasteiger partial charge is 0.292 e. The zero-order valence-corrected chi connectivity index (χ0v) is 19.9. The smallest absolute Gasteiger partial charge is 0.273 e. The van der Waals surface area contributed by atoms with Gasteiger partial charge in [-0.15, -0.1) is 11.6 Å². The van der Waals surface area contributed by atoms with Gasteiger partial charge in [0.15, 0.2) is 5.78 Å². The van der Waals surface area contributed by atoms with Crippen molar-refractivity contribution in [2.75, 3.05) is 5.88 Å². The molecule has 4 rings (SSSR count). The Morgan fingerprint density at radius 1 is 1.00 bits per heavy atom. The second-order valence-corrected chi connectivity index (χ2v) is 9.18. The third-order valence-corrected chi connectivity index (χ3v) is 6.89. The quantitative estimate of drug-likeness (QED) is 0.171. The molecule has 3 atom stereocenters. The molecular weight excluding hydrogens is 493 g/mol. The molecule has 3 amide bonds. The van der Waals surface area contributed by atoms with Crippen LogP contribution in [0.4, 0.5) is 10.1 Å². The highest BCUT2D eigenvalue weighted by molar-refractivity contribution is 6.18. The van der Waals surface area contributed by atoms with Crippen molar-refractivity contribution in [1.29, 1.82) is 0 Å². The van der Waals surface area contributed by atoms with Crippen LogP contribution in [0.25, 0.3) is 0 Å². The molecule has 1 aliphatic carbocycles.